The number of carbonyl (C=O) groups is 4. The first-order valence-corrected chi connectivity index (χ1v) is 43.2. The third-order valence-corrected chi connectivity index (χ3v) is 20.0. The molecule has 5 atom stereocenters. The van der Waals surface area contributed by atoms with E-state index < -0.39 is 97.5 Å². The molecule has 0 aromatic heterocycles. The van der Waals surface area contributed by atoms with Gasteiger partial charge in [-0.1, -0.05) is 344 Å². The third kappa shape index (κ3) is 72.2. The highest BCUT2D eigenvalue weighted by atomic mass is 31.2. The van der Waals surface area contributed by atoms with Crippen molar-refractivity contribution in [3.05, 3.63) is 0 Å². The van der Waals surface area contributed by atoms with Gasteiger partial charge in [-0.15, -0.1) is 0 Å². The summed E-state index contributed by atoms with van der Waals surface area (Å²) in [5.41, 5.74) is 0. The molecule has 0 heterocycles. The predicted molar refractivity (Wildman–Crippen MR) is 395 cm³/mol. The summed E-state index contributed by atoms with van der Waals surface area (Å²) >= 11 is 0. The topological polar surface area (TPSA) is 237 Å². The van der Waals surface area contributed by atoms with Crippen LogP contribution in [-0.2, 0) is 65.4 Å². The van der Waals surface area contributed by atoms with Crippen molar-refractivity contribution in [1.29, 1.82) is 0 Å². The van der Waals surface area contributed by atoms with Crippen molar-refractivity contribution in [2.75, 3.05) is 39.6 Å². The summed E-state index contributed by atoms with van der Waals surface area (Å²) in [7, 11) is -9.91. The minimum Gasteiger partial charge on any atom is -0.462 e. The highest BCUT2D eigenvalue weighted by molar-refractivity contribution is 7.47. The fourth-order valence-electron chi connectivity index (χ4n) is 11.9. The van der Waals surface area contributed by atoms with Gasteiger partial charge in [0.05, 0.1) is 26.4 Å². The number of aliphatic hydroxyl groups excluding tert-OH is 1. The molecule has 3 unspecified atom stereocenters. The molecule has 19 heteroatoms. The Bertz CT molecular complexity index is 1900. The molecule has 0 saturated heterocycles. The minimum absolute atomic E-state index is 0.102. The monoisotopic (exact) mass is 1420 g/mol. The second kappa shape index (κ2) is 67.2. The molecule has 97 heavy (non-hydrogen) atoms. The lowest BCUT2D eigenvalue weighted by molar-refractivity contribution is -0.161. The Morgan fingerprint density at radius 2 is 0.433 bits per heavy atom. The zero-order chi connectivity index (χ0) is 71.7. The summed E-state index contributed by atoms with van der Waals surface area (Å²) in [5, 5.41) is 10.6. The second-order valence-electron chi connectivity index (χ2n) is 30.0. The molecule has 0 spiro atoms. The number of ether oxygens (including phenoxy) is 4. The van der Waals surface area contributed by atoms with E-state index in [9.17, 15) is 43.2 Å². The lowest BCUT2D eigenvalue weighted by atomic mass is 10.0. The summed E-state index contributed by atoms with van der Waals surface area (Å²) < 4.78 is 68.5. The molecule has 0 aliphatic rings. The Kier molecular flexibility index (Phi) is 65.9. The zero-order valence-corrected chi connectivity index (χ0v) is 65.5. The number of hydrogen-bond acceptors (Lipinski definition) is 15. The molecular formula is C78H152O17P2. The number of hydrogen-bond donors (Lipinski definition) is 3. The summed E-state index contributed by atoms with van der Waals surface area (Å²) in [4.78, 5) is 72.8. The van der Waals surface area contributed by atoms with Crippen LogP contribution in [0.5, 0.6) is 0 Å². The number of esters is 4. The first-order valence-electron chi connectivity index (χ1n) is 40.2. The zero-order valence-electron chi connectivity index (χ0n) is 63.7. The Hall–Kier alpha value is -1.94. The number of unbranched alkanes of at least 4 members (excludes halogenated alkanes) is 41. The average Bonchev–Trinajstić information content (AvgIpc) is 1.02. The van der Waals surface area contributed by atoms with Crippen LogP contribution in [-0.4, -0.2) is 96.7 Å². The van der Waals surface area contributed by atoms with Crippen LogP contribution in [0.2, 0.25) is 0 Å². The van der Waals surface area contributed by atoms with Crippen molar-refractivity contribution < 1.29 is 80.2 Å². The highest BCUT2D eigenvalue weighted by Gasteiger charge is 2.30. The minimum atomic E-state index is -4.96. The number of carbonyl (C=O) groups excluding carboxylic acids is 4. The fraction of sp³-hybridized carbons (Fsp3) is 0.949. The van der Waals surface area contributed by atoms with Crippen LogP contribution in [0.25, 0.3) is 0 Å². The van der Waals surface area contributed by atoms with Gasteiger partial charge in [-0.3, -0.25) is 37.3 Å². The Morgan fingerprint density at radius 3 is 0.639 bits per heavy atom. The van der Waals surface area contributed by atoms with Gasteiger partial charge in [0.25, 0.3) is 0 Å². The highest BCUT2D eigenvalue weighted by Crippen LogP contribution is 2.45. The van der Waals surface area contributed by atoms with Crippen molar-refractivity contribution in [1.82, 2.24) is 0 Å². The van der Waals surface area contributed by atoms with Crippen LogP contribution in [0.15, 0.2) is 0 Å². The molecule has 0 aromatic carbocycles. The molecule has 0 rings (SSSR count). The van der Waals surface area contributed by atoms with Crippen LogP contribution in [0.1, 0.15) is 396 Å². The van der Waals surface area contributed by atoms with Crippen LogP contribution in [0.4, 0.5) is 0 Å². The number of aliphatic hydroxyl groups is 1. The summed E-state index contributed by atoms with van der Waals surface area (Å²) in [6.45, 7) is 14.1. The maximum absolute atomic E-state index is 13.1. The summed E-state index contributed by atoms with van der Waals surface area (Å²) in [6.07, 6.45) is 53.1. The number of phosphoric acid groups is 2. The van der Waals surface area contributed by atoms with E-state index in [4.69, 9.17) is 37.0 Å². The van der Waals surface area contributed by atoms with Crippen molar-refractivity contribution in [3.63, 3.8) is 0 Å². The van der Waals surface area contributed by atoms with E-state index in [1.807, 2.05) is 0 Å². The van der Waals surface area contributed by atoms with E-state index in [1.165, 1.54) is 193 Å². The molecular weight excluding hydrogens is 1270 g/mol. The molecule has 0 saturated carbocycles. The second-order valence-corrected chi connectivity index (χ2v) is 32.9. The van der Waals surface area contributed by atoms with E-state index in [2.05, 4.69) is 55.4 Å². The number of phosphoric ester groups is 2. The van der Waals surface area contributed by atoms with E-state index in [1.54, 1.807) is 0 Å². The summed E-state index contributed by atoms with van der Waals surface area (Å²) in [5.74, 6) is 0.890. The Morgan fingerprint density at radius 1 is 0.258 bits per heavy atom. The van der Waals surface area contributed by atoms with Crippen molar-refractivity contribution in [2.45, 2.75) is 414 Å². The van der Waals surface area contributed by atoms with Crippen molar-refractivity contribution in [2.24, 2.45) is 23.7 Å². The van der Waals surface area contributed by atoms with Gasteiger partial charge in [0.1, 0.15) is 19.3 Å². The van der Waals surface area contributed by atoms with Crippen LogP contribution >= 0.6 is 15.6 Å². The molecule has 0 aromatic rings. The standard InChI is InChI=1S/C78H152O17P2/c1-68(2)54-46-38-30-24-20-16-13-11-9-10-12-14-18-23-27-35-44-52-60-77(82)94-73(64-88-75(80)58-50-42-34-26-22-19-15-17-21-25-31-39-47-55-69(3)4)66-92-96(84,85)90-62-72(79)63-91-97(86,87)93-67-74(95-78(83)61-53-45-37-29-33-41-49-57-71(7)8)65-89-76(81)59-51-43-36-28-32-40-48-56-70(5)6/h68-74,79H,9-67H2,1-8H3,(H,84,85)(H,86,87)/t72?,73-,74-/m1/s1. The van der Waals surface area contributed by atoms with Crippen LogP contribution < -0.4 is 0 Å². The Labute approximate surface area is 594 Å². The first-order chi connectivity index (χ1) is 46.6. The van der Waals surface area contributed by atoms with Gasteiger partial charge < -0.3 is 33.8 Å². The van der Waals surface area contributed by atoms with Gasteiger partial charge in [-0.05, 0) is 49.4 Å². The molecule has 0 aliphatic carbocycles. The normalized spacial score (nSPS) is 14.1. The first kappa shape index (κ1) is 95.1. The maximum atomic E-state index is 13.1. The predicted octanol–water partition coefficient (Wildman–Crippen LogP) is 22.8. The van der Waals surface area contributed by atoms with E-state index in [0.717, 1.165) is 108 Å². The van der Waals surface area contributed by atoms with Crippen LogP contribution in [0.3, 0.4) is 0 Å². The molecule has 0 bridgehead atoms. The lowest BCUT2D eigenvalue weighted by Gasteiger charge is -2.21. The molecule has 0 fully saturated rings. The van der Waals surface area contributed by atoms with Crippen molar-refractivity contribution in [3.8, 4) is 0 Å². The fourth-order valence-corrected chi connectivity index (χ4v) is 13.5. The maximum Gasteiger partial charge on any atom is 0.472 e. The van der Waals surface area contributed by atoms with Gasteiger partial charge >= 0.3 is 39.5 Å². The Balaban J connectivity index is 5.20. The molecule has 17 nitrogen and oxygen atoms in total. The van der Waals surface area contributed by atoms with Crippen LogP contribution in [0, 0.1) is 23.7 Å². The molecule has 576 valence electrons. The van der Waals surface area contributed by atoms with Gasteiger partial charge in [-0.2, -0.15) is 0 Å². The van der Waals surface area contributed by atoms with E-state index >= 15 is 0 Å². The smallest absolute Gasteiger partial charge is 0.462 e. The van der Waals surface area contributed by atoms with Gasteiger partial charge in [0.2, 0.25) is 0 Å². The van der Waals surface area contributed by atoms with E-state index in [-0.39, 0.29) is 25.7 Å². The molecule has 0 amide bonds. The molecule has 0 radical (unpaired) electrons. The van der Waals surface area contributed by atoms with Crippen molar-refractivity contribution >= 4 is 39.5 Å². The van der Waals surface area contributed by atoms with Gasteiger partial charge in [0.15, 0.2) is 12.2 Å². The van der Waals surface area contributed by atoms with E-state index in [0.29, 0.717) is 37.5 Å². The molecule has 0 aliphatic heterocycles. The quantitative estimate of drug-likeness (QED) is 0.0222. The summed E-state index contributed by atoms with van der Waals surface area (Å²) in [6, 6.07) is 0. The number of rotatable bonds is 75. The average molecular weight is 1420 g/mol. The largest absolute Gasteiger partial charge is 0.472 e. The third-order valence-electron chi connectivity index (χ3n) is 18.1. The molecule has 3 N–H and O–H groups in total. The van der Waals surface area contributed by atoms with Gasteiger partial charge in [-0.25, -0.2) is 9.13 Å². The van der Waals surface area contributed by atoms with Gasteiger partial charge in [0, 0.05) is 25.7 Å². The SMILES string of the molecule is CC(C)CCCCCCCCCCCCCCCCCCCCC(=O)O[C@H](COC(=O)CCCCCCCCCCCCCCCC(C)C)COP(=O)(O)OCC(O)COP(=O)(O)OC[C@@H](COC(=O)CCCCCCCCCC(C)C)OC(=O)CCCCCCCCCC(C)C. The lowest BCUT2D eigenvalue weighted by Crippen LogP contribution is -2.30.